The van der Waals surface area contributed by atoms with Crippen LogP contribution in [0.3, 0.4) is 0 Å². The van der Waals surface area contributed by atoms with E-state index < -0.39 is 0 Å². The van der Waals surface area contributed by atoms with Gasteiger partial charge in [-0.2, -0.15) is 0 Å². The van der Waals surface area contributed by atoms with Gasteiger partial charge in [0.2, 0.25) is 5.95 Å². The number of nitrogens with zero attached hydrogens (tertiary/aromatic N) is 6. The van der Waals surface area contributed by atoms with Crippen LogP contribution in [0.15, 0.2) is 30.6 Å². The molecule has 0 radical (unpaired) electrons. The van der Waals surface area contributed by atoms with Crippen LogP contribution in [0.2, 0.25) is 0 Å². The Morgan fingerprint density at radius 1 is 0.944 bits per heavy atom. The lowest BCUT2D eigenvalue weighted by molar-refractivity contribution is 0.512. The molecule has 3 fully saturated rings. The molecule has 190 valence electrons. The summed E-state index contributed by atoms with van der Waals surface area (Å²) in [6, 6.07) is 7.40. The van der Waals surface area contributed by atoms with Crippen LogP contribution in [0.4, 0.5) is 22.6 Å². The van der Waals surface area contributed by atoms with Crippen molar-refractivity contribution < 1.29 is 0 Å². The van der Waals surface area contributed by atoms with E-state index >= 15 is 0 Å². The molecule has 9 heteroatoms. The maximum absolute atomic E-state index is 5.09. The summed E-state index contributed by atoms with van der Waals surface area (Å²) in [5.41, 5.74) is 3.13. The Hall–Kier alpha value is -2.78. The zero-order valence-electron chi connectivity index (χ0n) is 21.1. The second-order valence-corrected chi connectivity index (χ2v) is 11.2. The third kappa shape index (κ3) is 5.04. The van der Waals surface area contributed by atoms with Crippen LogP contribution < -0.4 is 20.4 Å². The molecule has 36 heavy (non-hydrogen) atoms. The molecule has 1 saturated heterocycles. The van der Waals surface area contributed by atoms with Crippen molar-refractivity contribution in [3.63, 3.8) is 0 Å². The van der Waals surface area contributed by atoms with Gasteiger partial charge in [0.15, 0.2) is 5.13 Å². The fourth-order valence-electron chi connectivity index (χ4n) is 5.94. The standard InChI is InChI=1S/C27H36N8S/c1-19-25(36-27(31-19)35(20-6-2-3-7-20)21-8-4-5-9-21)23-12-13-29-26(32-23)33-24-11-10-22(18-30-24)34-16-14-28-15-17-34/h10-13,18,20-21,28H,2-9,14-17H2,1H3,(H,29,30,32,33). The van der Waals surface area contributed by atoms with Crippen LogP contribution in [0, 0.1) is 6.92 Å². The largest absolute Gasteiger partial charge is 0.368 e. The van der Waals surface area contributed by atoms with Crippen LogP contribution in [-0.4, -0.2) is 58.2 Å². The normalized spacial score (nSPS) is 19.2. The molecular formula is C27H36N8S. The number of piperazine rings is 1. The number of hydrogen-bond donors (Lipinski definition) is 2. The molecule has 2 saturated carbocycles. The highest BCUT2D eigenvalue weighted by Gasteiger charge is 2.33. The van der Waals surface area contributed by atoms with Gasteiger partial charge < -0.3 is 20.4 Å². The molecule has 8 nitrogen and oxygen atoms in total. The van der Waals surface area contributed by atoms with E-state index in [4.69, 9.17) is 9.97 Å². The first-order valence-electron chi connectivity index (χ1n) is 13.5. The van der Waals surface area contributed by atoms with Crippen molar-refractivity contribution >= 4 is 33.9 Å². The predicted octanol–water partition coefficient (Wildman–Crippen LogP) is 5.15. The average molecular weight is 505 g/mol. The smallest absolute Gasteiger partial charge is 0.228 e. The Bertz CT molecular complexity index is 1130. The zero-order chi connectivity index (χ0) is 24.3. The van der Waals surface area contributed by atoms with Crippen molar-refractivity contribution in [3.8, 4) is 10.6 Å². The molecule has 0 amide bonds. The molecule has 3 aromatic heterocycles. The first-order chi connectivity index (χ1) is 17.7. The number of thiazole rings is 1. The van der Waals surface area contributed by atoms with E-state index in [-0.39, 0.29) is 0 Å². The Kier molecular flexibility index (Phi) is 7.01. The monoisotopic (exact) mass is 504 g/mol. The minimum atomic E-state index is 0.563. The summed E-state index contributed by atoms with van der Waals surface area (Å²) in [7, 11) is 0. The highest BCUT2D eigenvalue weighted by atomic mass is 32.1. The number of rotatable bonds is 7. The topological polar surface area (TPSA) is 82.1 Å². The zero-order valence-corrected chi connectivity index (χ0v) is 21.9. The molecule has 3 aromatic rings. The second kappa shape index (κ2) is 10.7. The minimum Gasteiger partial charge on any atom is -0.368 e. The molecule has 0 bridgehead atoms. The number of pyridine rings is 1. The Balaban J connectivity index is 1.20. The summed E-state index contributed by atoms with van der Waals surface area (Å²) in [5.74, 6) is 1.31. The molecule has 6 rings (SSSR count). The molecule has 2 aliphatic carbocycles. The minimum absolute atomic E-state index is 0.563. The van der Waals surface area contributed by atoms with Crippen molar-refractivity contribution in [2.24, 2.45) is 0 Å². The highest BCUT2D eigenvalue weighted by Crippen LogP contribution is 2.41. The predicted molar refractivity (Wildman–Crippen MR) is 147 cm³/mol. The van der Waals surface area contributed by atoms with E-state index in [0.29, 0.717) is 18.0 Å². The Morgan fingerprint density at radius 3 is 2.33 bits per heavy atom. The van der Waals surface area contributed by atoms with E-state index in [2.05, 4.69) is 43.4 Å². The van der Waals surface area contributed by atoms with Crippen molar-refractivity contribution in [2.45, 2.75) is 70.4 Å². The summed E-state index contributed by atoms with van der Waals surface area (Å²) in [6.07, 6.45) is 14.3. The van der Waals surface area contributed by atoms with Crippen molar-refractivity contribution in [2.75, 3.05) is 41.3 Å². The summed E-state index contributed by atoms with van der Waals surface area (Å²) in [5, 5.41) is 7.86. The number of nitrogens with one attached hydrogen (secondary N) is 2. The SMILES string of the molecule is Cc1nc(N(C2CCCC2)C2CCCC2)sc1-c1ccnc(Nc2ccc(N3CCNCC3)cn2)n1. The molecule has 2 N–H and O–H groups in total. The van der Waals surface area contributed by atoms with E-state index in [9.17, 15) is 0 Å². The van der Waals surface area contributed by atoms with Crippen LogP contribution in [0.25, 0.3) is 10.6 Å². The van der Waals surface area contributed by atoms with Gasteiger partial charge in [-0.3, -0.25) is 0 Å². The Morgan fingerprint density at radius 2 is 1.67 bits per heavy atom. The maximum Gasteiger partial charge on any atom is 0.228 e. The molecule has 0 unspecified atom stereocenters. The van der Waals surface area contributed by atoms with Crippen LogP contribution in [0.1, 0.15) is 57.1 Å². The summed E-state index contributed by atoms with van der Waals surface area (Å²) < 4.78 is 0. The van der Waals surface area contributed by atoms with Crippen molar-refractivity contribution in [3.05, 3.63) is 36.3 Å². The van der Waals surface area contributed by atoms with Crippen LogP contribution in [-0.2, 0) is 0 Å². The van der Waals surface area contributed by atoms with Gasteiger partial charge in [0.1, 0.15) is 5.82 Å². The third-order valence-corrected chi connectivity index (χ3v) is 8.99. The second-order valence-electron chi connectivity index (χ2n) is 10.2. The van der Waals surface area contributed by atoms with E-state index in [1.807, 2.05) is 24.5 Å². The van der Waals surface area contributed by atoms with Gasteiger partial charge in [0.05, 0.1) is 28.1 Å². The lowest BCUT2D eigenvalue weighted by Gasteiger charge is -2.34. The number of aryl methyl sites for hydroxylation is 1. The van der Waals surface area contributed by atoms with E-state index in [0.717, 1.165) is 53.9 Å². The van der Waals surface area contributed by atoms with Gasteiger partial charge in [-0.05, 0) is 50.8 Å². The first-order valence-corrected chi connectivity index (χ1v) is 14.3. The van der Waals surface area contributed by atoms with Gasteiger partial charge in [-0.1, -0.05) is 37.0 Å². The third-order valence-electron chi connectivity index (χ3n) is 7.80. The average Bonchev–Trinajstić information content (AvgIpc) is 3.70. The molecule has 0 aromatic carbocycles. The van der Waals surface area contributed by atoms with E-state index in [1.54, 1.807) is 11.3 Å². The molecule has 1 aliphatic heterocycles. The van der Waals surface area contributed by atoms with Gasteiger partial charge >= 0.3 is 0 Å². The molecule has 0 atom stereocenters. The van der Waals surface area contributed by atoms with Gasteiger partial charge in [-0.25, -0.2) is 19.9 Å². The Labute approximate surface area is 217 Å². The van der Waals surface area contributed by atoms with Gasteiger partial charge in [0, 0.05) is 44.5 Å². The summed E-state index contributed by atoms with van der Waals surface area (Å²) in [6.45, 7) is 6.16. The number of anilines is 4. The fourth-order valence-corrected chi connectivity index (χ4v) is 7.12. The molecule has 4 heterocycles. The highest BCUT2D eigenvalue weighted by molar-refractivity contribution is 7.19. The lowest BCUT2D eigenvalue weighted by atomic mass is 10.1. The maximum atomic E-state index is 5.09. The van der Waals surface area contributed by atoms with Gasteiger partial charge in [0.25, 0.3) is 0 Å². The van der Waals surface area contributed by atoms with Crippen molar-refractivity contribution in [1.82, 2.24) is 25.3 Å². The number of hydrogen-bond acceptors (Lipinski definition) is 9. The molecule has 3 aliphatic rings. The fraction of sp³-hybridized carbons (Fsp3) is 0.556. The van der Waals surface area contributed by atoms with Gasteiger partial charge in [-0.15, -0.1) is 0 Å². The van der Waals surface area contributed by atoms with Crippen LogP contribution >= 0.6 is 11.3 Å². The van der Waals surface area contributed by atoms with E-state index in [1.165, 1.54) is 56.5 Å². The molecular weight excluding hydrogens is 468 g/mol. The van der Waals surface area contributed by atoms with Crippen LogP contribution in [0.5, 0.6) is 0 Å². The summed E-state index contributed by atoms with van der Waals surface area (Å²) >= 11 is 1.80. The lowest BCUT2D eigenvalue weighted by Crippen LogP contribution is -2.43. The van der Waals surface area contributed by atoms with Crippen molar-refractivity contribution in [1.29, 1.82) is 0 Å². The quantitative estimate of drug-likeness (QED) is 0.457. The number of aromatic nitrogens is 4. The first kappa shape index (κ1) is 23.6. The summed E-state index contributed by atoms with van der Waals surface area (Å²) in [4.78, 5) is 25.2. The molecule has 0 spiro atoms.